The maximum atomic E-state index is 13.2. The lowest BCUT2D eigenvalue weighted by atomic mass is 9.97. The lowest BCUT2D eigenvalue weighted by molar-refractivity contribution is -0.142. The monoisotopic (exact) mass is 454 g/mol. The van der Waals surface area contributed by atoms with Crippen LogP contribution in [0.2, 0.25) is 5.02 Å². The van der Waals surface area contributed by atoms with Crippen LogP contribution in [0.4, 0.5) is 0 Å². The Hall–Kier alpha value is -3.23. The van der Waals surface area contributed by atoms with E-state index in [-0.39, 0.29) is 37.8 Å². The van der Waals surface area contributed by atoms with E-state index in [9.17, 15) is 9.59 Å². The van der Waals surface area contributed by atoms with E-state index in [4.69, 9.17) is 26.8 Å². The largest absolute Gasteiger partial charge is 0.490 e. The lowest BCUT2D eigenvalue weighted by Gasteiger charge is -2.41. The van der Waals surface area contributed by atoms with Crippen LogP contribution in [0.25, 0.3) is 11.0 Å². The van der Waals surface area contributed by atoms with E-state index in [1.807, 2.05) is 25.1 Å². The van der Waals surface area contributed by atoms with E-state index >= 15 is 0 Å². The minimum absolute atomic E-state index is 0.0458. The molecule has 4 rings (SSSR count). The number of para-hydroxylation sites is 2. The molecule has 9 heteroatoms. The summed E-state index contributed by atoms with van der Waals surface area (Å²) in [6, 6.07) is 12.6. The normalized spacial score (nSPS) is 18.5. The number of halogens is 1. The number of ether oxygens (including phenoxy) is 2. The Morgan fingerprint density at radius 2 is 2.03 bits per heavy atom. The number of nitrogens with two attached hydrogens (primary N) is 1. The molecule has 1 aromatic heterocycles. The summed E-state index contributed by atoms with van der Waals surface area (Å²) in [5.41, 5.74) is 6.87. The van der Waals surface area contributed by atoms with E-state index in [0.717, 1.165) is 5.56 Å². The average Bonchev–Trinajstić information content (AvgIpc) is 2.79. The molecule has 0 spiro atoms. The molecule has 1 fully saturated rings. The van der Waals surface area contributed by atoms with Crippen LogP contribution in [-0.2, 0) is 9.53 Å². The Labute approximate surface area is 190 Å². The summed E-state index contributed by atoms with van der Waals surface area (Å²) in [4.78, 5) is 35.4. The molecule has 2 heterocycles. The van der Waals surface area contributed by atoms with Crippen molar-refractivity contribution in [1.82, 2.24) is 14.9 Å². The van der Waals surface area contributed by atoms with Crippen molar-refractivity contribution in [1.29, 1.82) is 0 Å². The highest BCUT2D eigenvalue weighted by atomic mass is 35.5. The molecule has 1 saturated heterocycles. The number of amides is 2. The lowest BCUT2D eigenvalue weighted by Crippen LogP contribution is -2.58. The SMILES string of the molecule is Cc1cc(OCC2(CC(N)=O)CN(C(=O)c3cnc4ccccc4n3)CCO2)ccc1Cl. The summed E-state index contributed by atoms with van der Waals surface area (Å²) in [6.45, 7) is 2.65. The molecule has 0 aliphatic carbocycles. The number of aromatic nitrogens is 2. The van der Waals surface area contributed by atoms with Gasteiger partial charge in [-0.25, -0.2) is 4.98 Å². The molecule has 1 unspecified atom stereocenters. The fourth-order valence-electron chi connectivity index (χ4n) is 3.73. The van der Waals surface area contributed by atoms with Crippen LogP contribution in [0.3, 0.4) is 0 Å². The zero-order chi connectivity index (χ0) is 22.7. The first-order valence-electron chi connectivity index (χ1n) is 10.2. The van der Waals surface area contributed by atoms with Gasteiger partial charge in [-0.3, -0.25) is 14.6 Å². The smallest absolute Gasteiger partial charge is 0.274 e. The van der Waals surface area contributed by atoms with Gasteiger partial charge in [0.05, 0.1) is 36.8 Å². The number of nitrogens with zero attached hydrogens (tertiary/aromatic N) is 3. The quantitative estimate of drug-likeness (QED) is 0.613. The van der Waals surface area contributed by atoms with Crippen molar-refractivity contribution < 1.29 is 19.1 Å². The van der Waals surface area contributed by atoms with Crippen molar-refractivity contribution in [2.24, 2.45) is 5.73 Å². The van der Waals surface area contributed by atoms with Crippen LogP contribution in [0.1, 0.15) is 22.5 Å². The van der Waals surface area contributed by atoms with Gasteiger partial charge in [0.2, 0.25) is 5.91 Å². The van der Waals surface area contributed by atoms with Crippen molar-refractivity contribution in [3.8, 4) is 5.75 Å². The standard InChI is InChI=1S/C23H23ClN4O4/c1-15-10-16(6-7-17(15)24)31-14-23(11-21(25)29)13-28(8-9-32-23)22(30)20-12-26-18-4-2-3-5-19(18)27-20/h2-7,10,12H,8-9,11,13-14H2,1H3,(H2,25,29). The molecule has 166 valence electrons. The summed E-state index contributed by atoms with van der Waals surface area (Å²) < 4.78 is 11.9. The molecular formula is C23H23ClN4O4. The van der Waals surface area contributed by atoms with Gasteiger partial charge < -0.3 is 20.1 Å². The van der Waals surface area contributed by atoms with Crippen LogP contribution >= 0.6 is 11.6 Å². The first kappa shape index (κ1) is 22.0. The predicted molar refractivity (Wildman–Crippen MR) is 120 cm³/mol. The summed E-state index contributed by atoms with van der Waals surface area (Å²) >= 11 is 6.08. The van der Waals surface area contributed by atoms with Gasteiger partial charge in [0.15, 0.2) is 0 Å². The summed E-state index contributed by atoms with van der Waals surface area (Å²) in [5.74, 6) is -0.244. The molecule has 1 aliphatic heterocycles. The number of carbonyl (C=O) groups is 2. The molecule has 8 nitrogen and oxygen atoms in total. The molecule has 0 radical (unpaired) electrons. The summed E-state index contributed by atoms with van der Waals surface area (Å²) in [6.07, 6.45) is 1.37. The van der Waals surface area contributed by atoms with Crippen LogP contribution in [0.15, 0.2) is 48.7 Å². The Kier molecular flexibility index (Phi) is 6.25. The first-order chi connectivity index (χ1) is 15.3. The molecule has 1 atom stereocenters. The second kappa shape index (κ2) is 9.10. The molecule has 0 bridgehead atoms. The Morgan fingerprint density at radius 3 is 2.78 bits per heavy atom. The number of rotatable bonds is 6. The Bertz CT molecular complexity index is 1170. The Balaban J connectivity index is 1.54. The van der Waals surface area contributed by atoms with Crippen LogP contribution in [0.5, 0.6) is 5.75 Å². The molecule has 3 aromatic rings. The van der Waals surface area contributed by atoms with Crippen molar-refractivity contribution in [2.45, 2.75) is 18.9 Å². The van der Waals surface area contributed by atoms with E-state index in [2.05, 4.69) is 9.97 Å². The van der Waals surface area contributed by atoms with E-state index in [1.165, 1.54) is 6.20 Å². The zero-order valence-corrected chi connectivity index (χ0v) is 18.3. The van der Waals surface area contributed by atoms with Crippen LogP contribution in [-0.4, -0.2) is 58.6 Å². The van der Waals surface area contributed by atoms with Gasteiger partial charge in [-0.05, 0) is 42.8 Å². The molecule has 32 heavy (non-hydrogen) atoms. The van der Waals surface area contributed by atoms with Crippen LogP contribution < -0.4 is 10.5 Å². The number of hydrogen-bond acceptors (Lipinski definition) is 6. The fraction of sp³-hybridized carbons (Fsp3) is 0.304. The highest BCUT2D eigenvalue weighted by Crippen LogP contribution is 2.27. The minimum atomic E-state index is -1.07. The molecule has 2 aromatic carbocycles. The number of carbonyl (C=O) groups excluding carboxylic acids is 2. The molecule has 1 aliphatic rings. The number of hydrogen-bond donors (Lipinski definition) is 1. The topological polar surface area (TPSA) is 108 Å². The Morgan fingerprint density at radius 1 is 1.25 bits per heavy atom. The fourth-order valence-corrected chi connectivity index (χ4v) is 3.84. The molecule has 2 amide bonds. The number of primary amides is 1. The second-order valence-corrected chi connectivity index (χ2v) is 8.25. The average molecular weight is 455 g/mol. The first-order valence-corrected chi connectivity index (χ1v) is 10.6. The van der Waals surface area contributed by atoms with E-state index in [0.29, 0.717) is 28.4 Å². The zero-order valence-electron chi connectivity index (χ0n) is 17.6. The molecule has 2 N–H and O–H groups in total. The van der Waals surface area contributed by atoms with Crippen LogP contribution in [0, 0.1) is 6.92 Å². The molecule has 0 saturated carbocycles. The van der Waals surface area contributed by atoms with Crippen molar-refractivity contribution >= 4 is 34.4 Å². The van der Waals surface area contributed by atoms with Gasteiger partial charge in [0.1, 0.15) is 23.7 Å². The third kappa shape index (κ3) is 4.81. The third-order valence-electron chi connectivity index (χ3n) is 5.33. The van der Waals surface area contributed by atoms with Gasteiger partial charge in [0.25, 0.3) is 5.91 Å². The van der Waals surface area contributed by atoms with Gasteiger partial charge in [0, 0.05) is 11.6 Å². The van der Waals surface area contributed by atoms with Gasteiger partial charge in [-0.2, -0.15) is 0 Å². The highest BCUT2D eigenvalue weighted by molar-refractivity contribution is 6.31. The summed E-state index contributed by atoms with van der Waals surface area (Å²) in [5, 5.41) is 0.631. The number of aryl methyl sites for hydroxylation is 1. The van der Waals surface area contributed by atoms with Crippen molar-refractivity contribution in [3.05, 3.63) is 64.9 Å². The number of fused-ring (bicyclic) bond motifs is 1. The van der Waals surface area contributed by atoms with Gasteiger partial charge in [-0.15, -0.1) is 0 Å². The van der Waals surface area contributed by atoms with Crippen molar-refractivity contribution in [2.75, 3.05) is 26.3 Å². The summed E-state index contributed by atoms with van der Waals surface area (Å²) in [7, 11) is 0. The highest BCUT2D eigenvalue weighted by Gasteiger charge is 2.41. The predicted octanol–water partition coefficient (Wildman–Crippen LogP) is 2.76. The van der Waals surface area contributed by atoms with E-state index < -0.39 is 11.5 Å². The number of morpholine rings is 1. The van der Waals surface area contributed by atoms with E-state index in [1.54, 1.807) is 29.2 Å². The molecular weight excluding hydrogens is 432 g/mol. The minimum Gasteiger partial charge on any atom is -0.490 e. The number of benzene rings is 2. The van der Waals surface area contributed by atoms with Gasteiger partial charge in [-0.1, -0.05) is 23.7 Å². The maximum Gasteiger partial charge on any atom is 0.274 e. The second-order valence-electron chi connectivity index (χ2n) is 7.84. The third-order valence-corrected chi connectivity index (χ3v) is 5.76. The maximum absolute atomic E-state index is 13.2. The van der Waals surface area contributed by atoms with Gasteiger partial charge >= 0.3 is 0 Å². The van der Waals surface area contributed by atoms with Crippen molar-refractivity contribution in [3.63, 3.8) is 0 Å².